The zero-order valence-corrected chi connectivity index (χ0v) is 11.7. The van der Waals surface area contributed by atoms with Gasteiger partial charge in [0.05, 0.1) is 7.11 Å². The minimum Gasteiger partial charge on any atom is -0.493 e. The fraction of sp³-hybridized carbons (Fsp3) is 0.571. The van der Waals surface area contributed by atoms with Gasteiger partial charge in [-0.15, -0.1) is 0 Å². The van der Waals surface area contributed by atoms with Crippen LogP contribution in [0.15, 0.2) is 12.1 Å². The van der Waals surface area contributed by atoms with Gasteiger partial charge < -0.3 is 25.3 Å². The number of rotatable bonds is 6. The standard InChI is InChI=1S/C14H22N2O3/c1-9(2)7-16-11(6-15)10-4-12(17-3)14-13(5-10)18-8-19-14/h4-5,9,11,16H,6-8,15H2,1-3H3. The lowest BCUT2D eigenvalue weighted by molar-refractivity contribution is 0.171. The van der Waals surface area contributed by atoms with Gasteiger partial charge in [-0.1, -0.05) is 13.8 Å². The van der Waals surface area contributed by atoms with Gasteiger partial charge in [0.2, 0.25) is 12.5 Å². The quantitative estimate of drug-likeness (QED) is 0.820. The lowest BCUT2D eigenvalue weighted by atomic mass is 10.0. The predicted octanol–water partition coefficient (Wildman–Crippen LogP) is 1.67. The van der Waals surface area contributed by atoms with Crippen LogP contribution in [0.25, 0.3) is 0 Å². The summed E-state index contributed by atoms with van der Waals surface area (Å²) in [7, 11) is 1.63. The zero-order chi connectivity index (χ0) is 13.8. The van der Waals surface area contributed by atoms with E-state index in [1.54, 1.807) is 7.11 Å². The summed E-state index contributed by atoms with van der Waals surface area (Å²) in [6.07, 6.45) is 0. The van der Waals surface area contributed by atoms with Crippen LogP contribution in [0, 0.1) is 5.92 Å². The Kier molecular flexibility index (Phi) is 4.50. The number of hydrogen-bond acceptors (Lipinski definition) is 5. The highest BCUT2D eigenvalue weighted by Gasteiger charge is 2.22. The molecule has 0 saturated heterocycles. The van der Waals surface area contributed by atoms with Crippen LogP contribution in [0.2, 0.25) is 0 Å². The number of fused-ring (bicyclic) bond motifs is 1. The molecule has 1 aromatic carbocycles. The van der Waals surface area contributed by atoms with Crippen LogP contribution < -0.4 is 25.3 Å². The topological polar surface area (TPSA) is 65.7 Å². The van der Waals surface area contributed by atoms with Crippen LogP contribution in [0.3, 0.4) is 0 Å². The molecule has 5 nitrogen and oxygen atoms in total. The normalized spacial score (nSPS) is 14.8. The third-order valence-corrected chi connectivity index (χ3v) is 3.09. The largest absolute Gasteiger partial charge is 0.493 e. The molecule has 1 aromatic rings. The molecule has 0 radical (unpaired) electrons. The van der Waals surface area contributed by atoms with Crippen molar-refractivity contribution in [1.29, 1.82) is 0 Å². The summed E-state index contributed by atoms with van der Waals surface area (Å²) < 4.78 is 16.2. The Bertz CT molecular complexity index is 435. The molecule has 3 N–H and O–H groups in total. The first-order valence-electron chi connectivity index (χ1n) is 6.56. The van der Waals surface area contributed by atoms with Gasteiger partial charge in [-0.05, 0) is 30.2 Å². The molecule has 2 rings (SSSR count). The first-order valence-corrected chi connectivity index (χ1v) is 6.56. The number of nitrogens with two attached hydrogens (primary N) is 1. The fourth-order valence-electron chi connectivity index (χ4n) is 2.07. The lowest BCUT2D eigenvalue weighted by Gasteiger charge is -2.20. The fourth-order valence-corrected chi connectivity index (χ4v) is 2.07. The molecule has 106 valence electrons. The van der Waals surface area contributed by atoms with Crippen LogP contribution in [0.5, 0.6) is 17.2 Å². The molecule has 1 aliphatic rings. The Morgan fingerprint density at radius 2 is 2.16 bits per heavy atom. The number of hydrogen-bond donors (Lipinski definition) is 2. The average molecular weight is 266 g/mol. The number of nitrogens with one attached hydrogen (secondary N) is 1. The third-order valence-electron chi connectivity index (χ3n) is 3.09. The minimum atomic E-state index is 0.0887. The highest BCUT2D eigenvalue weighted by molar-refractivity contribution is 5.55. The Morgan fingerprint density at radius 3 is 2.79 bits per heavy atom. The van der Waals surface area contributed by atoms with E-state index in [0.29, 0.717) is 24.0 Å². The van der Waals surface area contributed by atoms with Crippen LogP contribution in [0.1, 0.15) is 25.5 Å². The Balaban J connectivity index is 2.23. The first kappa shape index (κ1) is 14.0. The maximum Gasteiger partial charge on any atom is 0.231 e. The van der Waals surface area contributed by atoms with Gasteiger partial charge in [-0.3, -0.25) is 0 Å². The highest BCUT2D eigenvalue weighted by Crippen LogP contribution is 2.42. The minimum absolute atomic E-state index is 0.0887. The van der Waals surface area contributed by atoms with Crippen LogP contribution in [-0.2, 0) is 0 Å². The molecule has 5 heteroatoms. The molecule has 1 unspecified atom stereocenters. The highest BCUT2D eigenvalue weighted by atomic mass is 16.7. The molecule has 19 heavy (non-hydrogen) atoms. The van der Waals surface area contributed by atoms with E-state index in [1.807, 2.05) is 12.1 Å². The molecule has 0 aliphatic carbocycles. The van der Waals surface area contributed by atoms with Crippen LogP contribution in [0.4, 0.5) is 0 Å². The smallest absolute Gasteiger partial charge is 0.231 e. The summed E-state index contributed by atoms with van der Waals surface area (Å²) in [4.78, 5) is 0. The summed E-state index contributed by atoms with van der Waals surface area (Å²) in [6, 6.07) is 4.01. The molecule has 0 saturated carbocycles. The van der Waals surface area contributed by atoms with Crippen molar-refractivity contribution in [1.82, 2.24) is 5.32 Å². The Labute approximate surface area is 114 Å². The van der Waals surface area contributed by atoms with Crippen molar-refractivity contribution in [3.63, 3.8) is 0 Å². The van der Waals surface area contributed by atoms with E-state index in [9.17, 15) is 0 Å². The van der Waals surface area contributed by atoms with Crippen molar-refractivity contribution in [2.24, 2.45) is 11.7 Å². The average Bonchev–Trinajstić information content (AvgIpc) is 2.86. The van der Waals surface area contributed by atoms with Crippen LogP contribution >= 0.6 is 0 Å². The third kappa shape index (κ3) is 3.11. The maximum absolute atomic E-state index is 5.85. The van der Waals surface area contributed by atoms with Crippen molar-refractivity contribution in [3.8, 4) is 17.2 Å². The molecular weight excluding hydrogens is 244 g/mol. The summed E-state index contributed by atoms with van der Waals surface area (Å²) >= 11 is 0. The van der Waals surface area contributed by atoms with E-state index >= 15 is 0 Å². The van der Waals surface area contributed by atoms with Gasteiger partial charge in [0, 0.05) is 12.6 Å². The Morgan fingerprint density at radius 1 is 1.37 bits per heavy atom. The summed E-state index contributed by atoms with van der Waals surface area (Å²) in [5.74, 6) is 2.66. The second-order valence-corrected chi connectivity index (χ2v) is 5.05. The van der Waals surface area contributed by atoms with Crippen molar-refractivity contribution < 1.29 is 14.2 Å². The molecule has 0 aromatic heterocycles. The van der Waals surface area contributed by atoms with Gasteiger partial charge in [-0.2, -0.15) is 0 Å². The summed E-state index contributed by atoms with van der Waals surface area (Å²) in [5.41, 5.74) is 6.91. The van der Waals surface area contributed by atoms with E-state index in [4.69, 9.17) is 19.9 Å². The van der Waals surface area contributed by atoms with Crippen LogP contribution in [-0.4, -0.2) is 27.0 Å². The van der Waals surface area contributed by atoms with E-state index in [-0.39, 0.29) is 12.8 Å². The van der Waals surface area contributed by atoms with Crippen molar-refractivity contribution >= 4 is 0 Å². The second kappa shape index (κ2) is 6.12. The van der Waals surface area contributed by atoms with Crippen molar-refractivity contribution in [2.45, 2.75) is 19.9 Å². The van der Waals surface area contributed by atoms with Gasteiger partial charge in [0.1, 0.15) is 0 Å². The molecule has 1 atom stereocenters. The molecule has 0 amide bonds. The van der Waals surface area contributed by atoms with E-state index in [2.05, 4.69) is 19.2 Å². The maximum atomic E-state index is 5.85. The summed E-state index contributed by atoms with van der Waals surface area (Å²) in [6.45, 7) is 6.01. The molecule has 0 bridgehead atoms. The van der Waals surface area contributed by atoms with E-state index < -0.39 is 0 Å². The summed E-state index contributed by atoms with van der Waals surface area (Å²) in [5, 5.41) is 3.45. The monoisotopic (exact) mass is 266 g/mol. The van der Waals surface area contributed by atoms with E-state index in [0.717, 1.165) is 17.9 Å². The molecular formula is C14H22N2O3. The SMILES string of the molecule is COc1cc(C(CN)NCC(C)C)cc2c1OCO2. The lowest BCUT2D eigenvalue weighted by Crippen LogP contribution is -2.31. The predicted molar refractivity (Wildman–Crippen MR) is 73.8 cm³/mol. The molecule has 0 fully saturated rings. The van der Waals surface area contributed by atoms with Crippen molar-refractivity contribution in [2.75, 3.05) is 27.0 Å². The molecule has 1 heterocycles. The van der Waals surface area contributed by atoms with E-state index in [1.165, 1.54) is 0 Å². The molecule has 1 aliphatic heterocycles. The Hall–Kier alpha value is -1.46. The number of ether oxygens (including phenoxy) is 3. The van der Waals surface area contributed by atoms with Gasteiger partial charge in [0.25, 0.3) is 0 Å². The zero-order valence-electron chi connectivity index (χ0n) is 11.7. The number of methoxy groups -OCH3 is 1. The van der Waals surface area contributed by atoms with Crippen molar-refractivity contribution in [3.05, 3.63) is 17.7 Å². The van der Waals surface area contributed by atoms with Gasteiger partial charge >= 0.3 is 0 Å². The second-order valence-electron chi connectivity index (χ2n) is 5.05. The van der Waals surface area contributed by atoms with Gasteiger partial charge in [0.15, 0.2) is 11.5 Å². The first-order chi connectivity index (χ1) is 9.15. The number of benzene rings is 1. The molecule has 0 spiro atoms. The van der Waals surface area contributed by atoms with Gasteiger partial charge in [-0.25, -0.2) is 0 Å².